The lowest BCUT2D eigenvalue weighted by Crippen LogP contribution is -2.31. The van der Waals surface area contributed by atoms with Gasteiger partial charge in [-0.15, -0.1) is 0 Å². The van der Waals surface area contributed by atoms with Crippen LogP contribution in [0.15, 0.2) is 88.7 Å². The first-order valence-electron chi connectivity index (χ1n) is 9.82. The summed E-state index contributed by atoms with van der Waals surface area (Å²) in [5.74, 6) is -2.09. The minimum absolute atomic E-state index is 0.00429. The van der Waals surface area contributed by atoms with Crippen molar-refractivity contribution in [1.82, 2.24) is 0 Å². The van der Waals surface area contributed by atoms with Crippen molar-refractivity contribution in [2.75, 3.05) is 4.90 Å². The van der Waals surface area contributed by atoms with Crippen LogP contribution in [0.25, 0.3) is 0 Å². The number of ketones is 1. The highest BCUT2D eigenvalue weighted by molar-refractivity contribution is 6.16. The molecule has 1 aromatic heterocycles. The summed E-state index contributed by atoms with van der Waals surface area (Å²) in [5, 5.41) is 10.6. The largest absolute Gasteiger partial charge is 0.503 e. The third kappa shape index (κ3) is 4.03. The van der Waals surface area contributed by atoms with Gasteiger partial charge in [-0.3, -0.25) is 14.5 Å². The highest BCUT2D eigenvalue weighted by Gasteiger charge is 2.46. The Morgan fingerprint density at radius 2 is 1.78 bits per heavy atom. The Hall–Kier alpha value is -3.81. The van der Waals surface area contributed by atoms with Crippen LogP contribution in [0, 0.1) is 0 Å². The van der Waals surface area contributed by atoms with E-state index in [-0.39, 0.29) is 23.4 Å². The molecule has 0 fully saturated rings. The zero-order valence-electron chi connectivity index (χ0n) is 16.7. The van der Waals surface area contributed by atoms with Crippen LogP contribution in [0.4, 0.5) is 18.9 Å². The van der Waals surface area contributed by atoms with E-state index in [0.29, 0.717) is 6.42 Å². The van der Waals surface area contributed by atoms with Crippen molar-refractivity contribution in [1.29, 1.82) is 0 Å². The molecule has 0 aliphatic carbocycles. The zero-order valence-corrected chi connectivity index (χ0v) is 16.7. The van der Waals surface area contributed by atoms with E-state index in [2.05, 4.69) is 0 Å². The standard InChI is InChI=1S/C24H18F3NO4/c25-24(26,27)16-8-4-9-17(14-16)28-21(19-10-5-13-32-19)20(22(30)23(28)31)18(29)12-11-15-6-2-1-3-7-15/h1-10,13-14,21,30H,11-12H2. The van der Waals surface area contributed by atoms with Gasteiger partial charge < -0.3 is 9.52 Å². The van der Waals surface area contributed by atoms with Crippen LogP contribution in [0.2, 0.25) is 0 Å². The number of carbonyl (C=O) groups is 2. The molecule has 1 N–H and O–H groups in total. The van der Waals surface area contributed by atoms with Crippen molar-refractivity contribution >= 4 is 17.4 Å². The van der Waals surface area contributed by atoms with Gasteiger partial charge in [0.2, 0.25) is 0 Å². The topological polar surface area (TPSA) is 70.8 Å². The van der Waals surface area contributed by atoms with Gasteiger partial charge >= 0.3 is 6.18 Å². The van der Waals surface area contributed by atoms with E-state index in [9.17, 15) is 27.9 Å². The van der Waals surface area contributed by atoms with Crippen LogP contribution < -0.4 is 4.90 Å². The molecule has 0 bridgehead atoms. The van der Waals surface area contributed by atoms with E-state index in [0.717, 1.165) is 28.7 Å². The average Bonchev–Trinajstić information content (AvgIpc) is 3.39. The fraction of sp³-hybridized carbons (Fsp3) is 0.167. The third-order valence-electron chi connectivity index (χ3n) is 5.26. The number of hydrogen-bond donors (Lipinski definition) is 1. The number of anilines is 1. The molecular weight excluding hydrogens is 423 g/mol. The highest BCUT2D eigenvalue weighted by Crippen LogP contribution is 2.42. The molecule has 0 radical (unpaired) electrons. The Kier molecular flexibility index (Phi) is 5.61. The van der Waals surface area contributed by atoms with Crippen LogP contribution in [-0.4, -0.2) is 16.8 Å². The molecular formula is C24H18F3NO4. The molecule has 2 aromatic carbocycles. The maximum Gasteiger partial charge on any atom is 0.416 e. The summed E-state index contributed by atoms with van der Waals surface area (Å²) in [6, 6.07) is 15.2. The summed E-state index contributed by atoms with van der Waals surface area (Å²) in [4.78, 5) is 26.9. The van der Waals surface area contributed by atoms with Gasteiger partial charge in [0, 0.05) is 12.1 Å². The number of hydrogen-bond acceptors (Lipinski definition) is 4. The third-order valence-corrected chi connectivity index (χ3v) is 5.26. The average molecular weight is 441 g/mol. The van der Waals surface area contributed by atoms with E-state index in [1.165, 1.54) is 24.5 Å². The van der Waals surface area contributed by atoms with Crippen LogP contribution in [0.3, 0.4) is 0 Å². The van der Waals surface area contributed by atoms with E-state index in [4.69, 9.17) is 4.42 Å². The number of nitrogens with zero attached hydrogens (tertiary/aromatic N) is 1. The summed E-state index contributed by atoms with van der Waals surface area (Å²) >= 11 is 0. The number of Topliss-reactive ketones (excluding diaryl/α,β-unsaturated/α-hetero) is 1. The van der Waals surface area contributed by atoms with E-state index >= 15 is 0 Å². The summed E-state index contributed by atoms with van der Waals surface area (Å²) in [5.41, 5.74) is -0.360. The predicted octanol–water partition coefficient (Wildman–Crippen LogP) is 5.40. The monoisotopic (exact) mass is 441 g/mol. The summed E-state index contributed by atoms with van der Waals surface area (Å²) in [7, 11) is 0. The number of carbonyl (C=O) groups excluding carboxylic acids is 2. The zero-order chi connectivity index (χ0) is 22.9. The highest BCUT2D eigenvalue weighted by atomic mass is 19.4. The second-order valence-electron chi connectivity index (χ2n) is 7.31. The first-order valence-corrected chi connectivity index (χ1v) is 9.82. The van der Waals surface area contributed by atoms with E-state index in [1.54, 1.807) is 0 Å². The lowest BCUT2D eigenvalue weighted by atomic mass is 9.96. The summed E-state index contributed by atoms with van der Waals surface area (Å²) in [6.07, 6.45) is -2.92. The van der Waals surface area contributed by atoms with Crippen molar-refractivity contribution < 1.29 is 32.3 Å². The van der Waals surface area contributed by atoms with Gasteiger partial charge in [-0.2, -0.15) is 13.2 Å². The minimum atomic E-state index is -4.62. The van der Waals surface area contributed by atoms with Gasteiger partial charge in [0.1, 0.15) is 11.8 Å². The maximum absolute atomic E-state index is 13.2. The van der Waals surface area contributed by atoms with Gasteiger partial charge in [0.05, 0.1) is 17.4 Å². The lowest BCUT2D eigenvalue weighted by molar-refractivity contribution is -0.137. The molecule has 4 rings (SSSR count). The number of alkyl halides is 3. The quantitative estimate of drug-likeness (QED) is 0.556. The van der Waals surface area contributed by atoms with Crippen molar-refractivity contribution in [2.24, 2.45) is 0 Å². The van der Waals surface area contributed by atoms with Crippen molar-refractivity contribution in [3.8, 4) is 0 Å². The molecule has 1 aliphatic heterocycles. The molecule has 1 atom stereocenters. The van der Waals surface area contributed by atoms with Gasteiger partial charge in [-0.25, -0.2) is 0 Å². The molecule has 5 nitrogen and oxygen atoms in total. The Bertz CT molecular complexity index is 1170. The van der Waals surface area contributed by atoms with Gasteiger partial charge in [0.25, 0.3) is 5.91 Å². The maximum atomic E-state index is 13.2. The number of aliphatic hydroxyl groups excluding tert-OH is 1. The second kappa shape index (κ2) is 8.37. The van der Waals surface area contributed by atoms with Crippen LogP contribution in [0.1, 0.15) is 29.3 Å². The van der Waals surface area contributed by atoms with Crippen LogP contribution in [-0.2, 0) is 22.2 Å². The molecule has 1 unspecified atom stereocenters. The second-order valence-corrected chi connectivity index (χ2v) is 7.31. The number of halogens is 3. The number of aliphatic hydroxyl groups is 1. The van der Waals surface area contributed by atoms with Crippen LogP contribution >= 0.6 is 0 Å². The number of benzene rings is 2. The molecule has 0 spiro atoms. The van der Waals surface area contributed by atoms with Gasteiger partial charge in [-0.05, 0) is 42.3 Å². The summed E-state index contributed by atoms with van der Waals surface area (Å²) in [6.45, 7) is 0. The normalized spacial score (nSPS) is 16.7. The molecule has 1 amide bonds. The van der Waals surface area contributed by atoms with E-state index in [1.807, 2.05) is 30.3 Å². The van der Waals surface area contributed by atoms with Crippen molar-refractivity contribution in [3.63, 3.8) is 0 Å². The molecule has 0 saturated carbocycles. The van der Waals surface area contributed by atoms with Gasteiger partial charge in [0.15, 0.2) is 11.5 Å². The number of aryl methyl sites for hydroxylation is 1. The Labute approximate surface area is 181 Å². The molecule has 164 valence electrons. The molecule has 2 heterocycles. The number of amides is 1. The fourth-order valence-corrected chi connectivity index (χ4v) is 3.74. The Morgan fingerprint density at radius 3 is 2.44 bits per heavy atom. The number of rotatable bonds is 6. The fourth-order valence-electron chi connectivity index (χ4n) is 3.74. The number of furan rings is 1. The Balaban J connectivity index is 1.71. The molecule has 32 heavy (non-hydrogen) atoms. The first kappa shape index (κ1) is 21.4. The molecule has 3 aromatic rings. The lowest BCUT2D eigenvalue weighted by Gasteiger charge is -2.25. The molecule has 1 aliphatic rings. The first-order chi connectivity index (χ1) is 15.3. The molecule has 0 saturated heterocycles. The SMILES string of the molecule is O=C(CCc1ccccc1)C1=C(O)C(=O)N(c2cccc(C(F)(F)F)c2)C1c1ccco1. The van der Waals surface area contributed by atoms with Gasteiger partial charge in [-0.1, -0.05) is 36.4 Å². The Morgan fingerprint density at radius 1 is 1.03 bits per heavy atom. The van der Waals surface area contributed by atoms with Crippen molar-refractivity contribution in [2.45, 2.75) is 25.1 Å². The molecule has 8 heteroatoms. The predicted molar refractivity (Wildman–Crippen MR) is 110 cm³/mol. The smallest absolute Gasteiger partial charge is 0.416 e. The minimum Gasteiger partial charge on any atom is -0.503 e. The van der Waals surface area contributed by atoms with Crippen LogP contribution in [0.5, 0.6) is 0 Å². The van der Waals surface area contributed by atoms with E-state index < -0.39 is 35.2 Å². The summed E-state index contributed by atoms with van der Waals surface area (Å²) < 4.78 is 45.1. The van der Waals surface area contributed by atoms with Crippen molar-refractivity contribution in [3.05, 3.63) is 101 Å².